The topological polar surface area (TPSA) is 236 Å². The molecule has 1 aromatic rings. The number of nitrogens with zero attached hydrogens (tertiary/aromatic N) is 2. The van der Waals surface area contributed by atoms with Crippen molar-refractivity contribution in [2.75, 3.05) is 19.6 Å². The quantitative estimate of drug-likeness (QED) is 0.0377. The molecule has 334 valence electrons. The predicted molar refractivity (Wildman–Crippen MR) is 223 cm³/mol. The number of carboxylic acids is 3. The minimum Gasteiger partial charge on any atom is -0.481 e. The largest absolute Gasteiger partial charge is 0.481 e. The Bertz CT molecular complexity index is 1380. The number of ketones is 1. The van der Waals surface area contributed by atoms with E-state index in [1.807, 2.05) is 0 Å². The lowest BCUT2D eigenvalue weighted by Gasteiger charge is -2.32. The van der Waals surface area contributed by atoms with Crippen LogP contribution in [-0.2, 0) is 40.0 Å². The molecule has 0 spiro atoms. The Morgan fingerprint density at radius 3 is 1.75 bits per heavy atom. The number of nitrogens with one attached hydrogen (secondary N) is 3. The molecule has 0 aliphatic carbocycles. The van der Waals surface area contributed by atoms with Gasteiger partial charge in [-0.15, -0.1) is 0 Å². The van der Waals surface area contributed by atoms with Crippen LogP contribution in [-0.4, -0.2) is 97.3 Å². The van der Waals surface area contributed by atoms with Gasteiger partial charge in [0.2, 0.25) is 17.7 Å². The van der Waals surface area contributed by atoms with E-state index in [-0.39, 0.29) is 62.2 Å². The first kappa shape index (κ1) is 50.8. The minimum atomic E-state index is -1.22. The zero-order valence-electron chi connectivity index (χ0n) is 35.4. The number of piperidine rings is 1. The van der Waals surface area contributed by atoms with E-state index in [2.05, 4.69) is 20.6 Å². The monoisotopic (exact) mass is 832 g/mol. The third kappa shape index (κ3) is 25.0. The Morgan fingerprint density at radius 2 is 1.24 bits per heavy atom. The van der Waals surface area contributed by atoms with Crippen LogP contribution in [0.2, 0.25) is 0 Å². The van der Waals surface area contributed by atoms with E-state index in [1.54, 1.807) is 11.1 Å². The Hall–Kier alpha value is -4.30. The molecule has 1 saturated heterocycles. The van der Waals surface area contributed by atoms with Crippen LogP contribution in [0, 0.1) is 11.8 Å². The number of aryl methyl sites for hydroxylation is 1. The van der Waals surface area contributed by atoms with Gasteiger partial charge in [-0.1, -0.05) is 96.3 Å². The Labute approximate surface area is 350 Å². The lowest BCUT2D eigenvalue weighted by Crippen LogP contribution is -2.47. The number of Topliss-reactive ketones (excluding diaryl/α,β-unsaturated/α-hetero) is 1. The van der Waals surface area contributed by atoms with Crippen molar-refractivity contribution in [2.45, 2.75) is 186 Å². The fourth-order valence-corrected chi connectivity index (χ4v) is 7.62. The summed E-state index contributed by atoms with van der Waals surface area (Å²) in [7, 11) is 0. The number of carboxylic acid groups (broad SMARTS) is 3. The van der Waals surface area contributed by atoms with E-state index in [0.717, 1.165) is 44.2 Å². The first-order chi connectivity index (χ1) is 28.5. The molecule has 59 heavy (non-hydrogen) atoms. The smallest absolute Gasteiger partial charge is 0.326 e. The van der Waals surface area contributed by atoms with Crippen LogP contribution >= 0.6 is 0 Å². The van der Waals surface area contributed by atoms with Crippen molar-refractivity contribution in [3.63, 3.8) is 0 Å². The highest BCUT2D eigenvalue weighted by molar-refractivity contribution is 5.86. The maximum absolute atomic E-state index is 12.9. The van der Waals surface area contributed by atoms with Gasteiger partial charge < -0.3 is 35.8 Å². The van der Waals surface area contributed by atoms with Crippen molar-refractivity contribution in [3.8, 4) is 0 Å². The number of aromatic amines is 1. The number of hydrogen-bond acceptors (Lipinski definition) is 8. The Morgan fingerprint density at radius 1 is 0.678 bits per heavy atom. The summed E-state index contributed by atoms with van der Waals surface area (Å²) in [5.74, 6) is -4.92. The highest BCUT2D eigenvalue weighted by Gasteiger charge is 2.30. The molecule has 0 aromatic carbocycles. The minimum absolute atomic E-state index is 0.0533. The van der Waals surface area contributed by atoms with Gasteiger partial charge in [-0.3, -0.25) is 28.8 Å². The van der Waals surface area contributed by atoms with Crippen molar-refractivity contribution < 1.29 is 48.9 Å². The number of amides is 3. The van der Waals surface area contributed by atoms with Gasteiger partial charge in [0.25, 0.3) is 0 Å². The maximum atomic E-state index is 12.9. The van der Waals surface area contributed by atoms with Gasteiger partial charge in [-0.2, -0.15) is 0 Å². The van der Waals surface area contributed by atoms with E-state index in [1.165, 1.54) is 70.5 Å². The van der Waals surface area contributed by atoms with Crippen LogP contribution in [0.1, 0.15) is 179 Å². The number of carbonyl (C=O) groups is 7. The van der Waals surface area contributed by atoms with Crippen molar-refractivity contribution in [1.29, 1.82) is 0 Å². The van der Waals surface area contributed by atoms with E-state index in [0.29, 0.717) is 58.0 Å². The SMILES string of the molecule is O=C(O)CCCCCCCCCCCCCCCCCCC(=O)N1CCC(C(=O)N[C@@H](CCC(=O)NCCCC[C@H](CC(=O)CCc2cnc[nH]2)C(=O)O)C(=O)O)CC1. The number of likely N-dealkylation sites (tertiary alicyclic amines) is 1. The second kappa shape index (κ2) is 31.6. The fourth-order valence-electron chi connectivity index (χ4n) is 7.62. The molecular weight excluding hydrogens is 759 g/mol. The summed E-state index contributed by atoms with van der Waals surface area (Å²) in [5.41, 5.74) is 0.813. The molecule has 0 bridgehead atoms. The number of aromatic nitrogens is 2. The molecule has 1 aromatic heterocycles. The summed E-state index contributed by atoms with van der Waals surface area (Å²) < 4.78 is 0. The van der Waals surface area contributed by atoms with Gasteiger partial charge >= 0.3 is 17.9 Å². The van der Waals surface area contributed by atoms with Crippen molar-refractivity contribution in [3.05, 3.63) is 18.2 Å². The summed E-state index contributed by atoms with van der Waals surface area (Å²) in [6.45, 7) is 1.20. The lowest BCUT2D eigenvalue weighted by molar-refractivity contribution is -0.144. The molecule has 2 heterocycles. The highest BCUT2D eigenvalue weighted by Crippen LogP contribution is 2.21. The van der Waals surface area contributed by atoms with Gasteiger partial charge in [0.1, 0.15) is 11.8 Å². The average molecular weight is 832 g/mol. The van der Waals surface area contributed by atoms with Gasteiger partial charge in [0.05, 0.1) is 12.2 Å². The first-order valence-electron chi connectivity index (χ1n) is 22.5. The summed E-state index contributed by atoms with van der Waals surface area (Å²) in [6.07, 6.45) is 25.1. The Balaban J connectivity index is 1.47. The van der Waals surface area contributed by atoms with E-state index in [9.17, 15) is 43.8 Å². The molecule has 3 amide bonds. The van der Waals surface area contributed by atoms with Crippen LogP contribution in [0.4, 0.5) is 0 Å². The molecule has 15 heteroatoms. The van der Waals surface area contributed by atoms with Crippen LogP contribution < -0.4 is 10.6 Å². The highest BCUT2D eigenvalue weighted by atomic mass is 16.4. The van der Waals surface area contributed by atoms with Crippen molar-refractivity contribution in [2.24, 2.45) is 11.8 Å². The normalized spacial score (nSPS) is 14.1. The fraction of sp³-hybridized carbons (Fsp3) is 0.773. The molecule has 15 nitrogen and oxygen atoms in total. The lowest BCUT2D eigenvalue weighted by atomic mass is 9.94. The van der Waals surface area contributed by atoms with Crippen LogP contribution in [0.25, 0.3) is 0 Å². The zero-order chi connectivity index (χ0) is 43.1. The van der Waals surface area contributed by atoms with Crippen molar-refractivity contribution >= 4 is 41.4 Å². The number of aliphatic carboxylic acids is 3. The summed E-state index contributed by atoms with van der Waals surface area (Å²) in [4.78, 5) is 93.1. The van der Waals surface area contributed by atoms with Crippen LogP contribution in [0.3, 0.4) is 0 Å². The molecular formula is C44H73N5O10. The molecule has 0 unspecified atom stereocenters. The summed E-state index contributed by atoms with van der Waals surface area (Å²) >= 11 is 0. The maximum Gasteiger partial charge on any atom is 0.326 e. The number of imidazole rings is 1. The number of H-pyrrole nitrogens is 1. The Kier molecular flexibility index (Phi) is 27.2. The van der Waals surface area contributed by atoms with E-state index in [4.69, 9.17) is 5.11 Å². The van der Waals surface area contributed by atoms with Gasteiger partial charge in [-0.25, -0.2) is 9.78 Å². The van der Waals surface area contributed by atoms with Gasteiger partial charge in [0.15, 0.2) is 0 Å². The molecule has 1 fully saturated rings. The predicted octanol–water partition coefficient (Wildman–Crippen LogP) is 6.98. The zero-order valence-corrected chi connectivity index (χ0v) is 35.4. The number of rotatable bonds is 36. The second-order valence-corrected chi connectivity index (χ2v) is 16.3. The molecule has 1 aliphatic heterocycles. The van der Waals surface area contributed by atoms with Crippen LogP contribution in [0.15, 0.2) is 12.5 Å². The molecule has 2 atom stereocenters. The number of hydrogen-bond donors (Lipinski definition) is 6. The van der Waals surface area contributed by atoms with Gasteiger partial charge in [-0.05, 0) is 51.4 Å². The summed E-state index contributed by atoms with van der Waals surface area (Å²) in [5, 5.41) is 33.2. The third-order valence-electron chi connectivity index (χ3n) is 11.4. The van der Waals surface area contributed by atoms with Crippen LogP contribution in [0.5, 0.6) is 0 Å². The molecule has 0 saturated carbocycles. The van der Waals surface area contributed by atoms with Gasteiger partial charge in [0, 0.05) is 69.5 Å². The van der Waals surface area contributed by atoms with Crippen molar-refractivity contribution in [1.82, 2.24) is 25.5 Å². The number of unbranched alkanes of at least 4 members (excludes halogenated alkanes) is 16. The first-order valence-corrected chi connectivity index (χ1v) is 22.5. The molecule has 2 rings (SSSR count). The van der Waals surface area contributed by atoms with E-state index < -0.39 is 35.8 Å². The second-order valence-electron chi connectivity index (χ2n) is 16.3. The van der Waals surface area contributed by atoms with E-state index >= 15 is 0 Å². The standard InChI is InChI=1S/C44H73N5O10/c50-37(23-22-36-32-45-33-47-36)31-35(43(56)57)19-17-18-28-46-39(51)25-24-38(44(58)59)48-42(55)34-26-29-49(30-27-34)40(52)20-15-13-11-9-7-5-3-1-2-4-6-8-10-12-14-16-21-41(53)54/h32-35,38H,1-31H2,(H,45,47)(H,46,51)(H,48,55)(H,53,54)(H,56,57)(H,58,59)/t35-,38+/m1/s1. The average Bonchev–Trinajstić information content (AvgIpc) is 3.74. The molecule has 0 radical (unpaired) electrons. The molecule has 1 aliphatic rings. The molecule has 6 N–H and O–H groups in total. The summed E-state index contributed by atoms with van der Waals surface area (Å²) in [6, 6.07) is -1.22. The number of carbonyl (C=O) groups excluding carboxylic acids is 4. The third-order valence-corrected chi connectivity index (χ3v) is 11.4.